The first kappa shape index (κ1) is 18.1. The van der Waals surface area contributed by atoms with Crippen molar-refractivity contribution in [3.05, 3.63) is 83.4 Å². The number of carbonyl (C=O) groups excluding carboxylic acids is 1. The van der Waals surface area contributed by atoms with Crippen molar-refractivity contribution in [1.29, 1.82) is 0 Å². The normalized spacial score (nSPS) is 10.8. The van der Waals surface area contributed by atoms with Crippen LogP contribution in [0.4, 0.5) is 5.69 Å². The summed E-state index contributed by atoms with van der Waals surface area (Å²) in [5, 5.41) is 4.24. The maximum Gasteiger partial charge on any atom is 0.260 e. The number of amides is 1. The Balaban J connectivity index is 1.83. The Hall–Kier alpha value is -3.24. The molecule has 0 aliphatic heterocycles. The highest BCUT2D eigenvalue weighted by atomic mass is 35.5. The summed E-state index contributed by atoms with van der Waals surface area (Å²) in [6.07, 6.45) is 0. The van der Waals surface area contributed by atoms with Gasteiger partial charge in [0.15, 0.2) is 0 Å². The van der Waals surface area contributed by atoms with E-state index >= 15 is 0 Å². The molecule has 1 N–H and O–H groups in total. The predicted molar refractivity (Wildman–Crippen MR) is 112 cm³/mol. The third-order valence-corrected chi connectivity index (χ3v) is 4.59. The minimum absolute atomic E-state index is 0.256. The number of anilines is 1. The molecule has 1 aromatic heterocycles. The van der Waals surface area contributed by atoms with E-state index in [2.05, 4.69) is 5.32 Å². The molecule has 0 fully saturated rings. The summed E-state index contributed by atoms with van der Waals surface area (Å²) in [4.78, 5) is 13.2. The Morgan fingerprint density at radius 1 is 1.04 bits per heavy atom. The molecule has 4 aromatic rings. The second-order valence-electron chi connectivity index (χ2n) is 6.22. The third kappa shape index (κ3) is 3.59. The quantitative estimate of drug-likeness (QED) is 0.428. The summed E-state index contributed by atoms with van der Waals surface area (Å²) in [6, 6.07) is 22.1. The zero-order chi connectivity index (χ0) is 19.5. The molecule has 0 bridgehead atoms. The second kappa shape index (κ2) is 7.79. The molecule has 140 valence electrons. The van der Waals surface area contributed by atoms with Gasteiger partial charge in [-0.1, -0.05) is 41.9 Å². The van der Waals surface area contributed by atoms with Crippen LogP contribution in [-0.2, 0) is 0 Å². The average Bonchev–Trinajstić information content (AvgIpc) is 3.09. The molecular formula is C23H18ClNO3. The summed E-state index contributed by atoms with van der Waals surface area (Å²) in [6.45, 7) is 2.46. The summed E-state index contributed by atoms with van der Waals surface area (Å²) >= 11 is 5.94. The molecule has 0 radical (unpaired) electrons. The van der Waals surface area contributed by atoms with Gasteiger partial charge < -0.3 is 14.5 Å². The van der Waals surface area contributed by atoms with Crippen LogP contribution in [0.25, 0.3) is 22.3 Å². The number of ether oxygens (including phenoxy) is 1. The van der Waals surface area contributed by atoms with E-state index in [4.69, 9.17) is 20.8 Å². The van der Waals surface area contributed by atoms with E-state index in [-0.39, 0.29) is 5.91 Å². The van der Waals surface area contributed by atoms with Gasteiger partial charge in [0.25, 0.3) is 5.91 Å². The predicted octanol–water partition coefficient (Wildman–Crippen LogP) is 6.40. The van der Waals surface area contributed by atoms with E-state index in [0.29, 0.717) is 45.4 Å². The van der Waals surface area contributed by atoms with Gasteiger partial charge in [0.1, 0.15) is 17.1 Å². The SMILES string of the molecule is CCOc1ccc2oc(-c3ccccc3)c(C(=O)Nc3ccc(Cl)cc3)c2c1. The van der Waals surface area contributed by atoms with Crippen molar-refractivity contribution in [1.82, 2.24) is 0 Å². The molecule has 0 atom stereocenters. The zero-order valence-corrected chi connectivity index (χ0v) is 16.0. The number of hydrogen-bond donors (Lipinski definition) is 1. The van der Waals surface area contributed by atoms with Crippen LogP contribution < -0.4 is 10.1 Å². The first-order valence-corrected chi connectivity index (χ1v) is 9.35. The van der Waals surface area contributed by atoms with Gasteiger partial charge in [0.05, 0.1) is 12.2 Å². The van der Waals surface area contributed by atoms with Crippen LogP contribution in [-0.4, -0.2) is 12.5 Å². The number of hydrogen-bond acceptors (Lipinski definition) is 3. The lowest BCUT2D eigenvalue weighted by Crippen LogP contribution is -2.12. The van der Waals surface area contributed by atoms with Gasteiger partial charge in [-0.3, -0.25) is 4.79 Å². The third-order valence-electron chi connectivity index (χ3n) is 4.34. The van der Waals surface area contributed by atoms with Gasteiger partial charge in [0.2, 0.25) is 0 Å². The van der Waals surface area contributed by atoms with Crippen molar-refractivity contribution >= 4 is 34.2 Å². The van der Waals surface area contributed by atoms with Crippen molar-refractivity contribution in [3.8, 4) is 17.1 Å². The van der Waals surface area contributed by atoms with Crippen LogP contribution in [0, 0.1) is 0 Å². The van der Waals surface area contributed by atoms with Crippen molar-refractivity contribution < 1.29 is 13.9 Å². The lowest BCUT2D eigenvalue weighted by atomic mass is 10.0. The molecule has 0 spiro atoms. The lowest BCUT2D eigenvalue weighted by molar-refractivity contribution is 0.102. The molecule has 1 heterocycles. The Morgan fingerprint density at radius 3 is 2.50 bits per heavy atom. The van der Waals surface area contributed by atoms with Crippen molar-refractivity contribution in [2.24, 2.45) is 0 Å². The Labute approximate surface area is 167 Å². The standard InChI is InChI=1S/C23H18ClNO3/c1-2-27-18-12-13-20-19(14-18)21(22(28-20)15-6-4-3-5-7-15)23(26)25-17-10-8-16(24)9-11-17/h3-14H,2H2,1H3,(H,25,26). The molecule has 4 nitrogen and oxygen atoms in total. The fourth-order valence-electron chi connectivity index (χ4n) is 3.08. The number of halogens is 1. The topological polar surface area (TPSA) is 51.5 Å². The summed E-state index contributed by atoms with van der Waals surface area (Å²) < 4.78 is 11.7. The van der Waals surface area contributed by atoms with Crippen LogP contribution in [0.3, 0.4) is 0 Å². The maximum atomic E-state index is 13.2. The number of fused-ring (bicyclic) bond motifs is 1. The van der Waals surface area contributed by atoms with Crippen LogP contribution in [0.15, 0.2) is 77.2 Å². The highest BCUT2D eigenvalue weighted by molar-refractivity contribution is 6.30. The number of carbonyl (C=O) groups is 1. The molecule has 4 rings (SSSR count). The number of furan rings is 1. The molecule has 0 aliphatic rings. The minimum atomic E-state index is -0.256. The number of benzene rings is 3. The Morgan fingerprint density at radius 2 is 1.79 bits per heavy atom. The minimum Gasteiger partial charge on any atom is -0.494 e. The van der Waals surface area contributed by atoms with Crippen LogP contribution in [0.1, 0.15) is 17.3 Å². The lowest BCUT2D eigenvalue weighted by Gasteiger charge is -2.07. The summed E-state index contributed by atoms with van der Waals surface area (Å²) in [7, 11) is 0. The fraction of sp³-hybridized carbons (Fsp3) is 0.0870. The van der Waals surface area contributed by atoms with Crippen LogP contribution >= 0.6 is 11.6 Å². The van der Waals surface area contributed by atoms with E-state index in [1.54, 1.807) is 24.3 Å². The summed E-state index contributed by atoms with van der Waals surface area (Å²) in [5.74, 6) is 0.959. The smallest absolute Gasteiger partial charge is 0.260 e. The molecule has 5 heteroatoms. The molecule has 0 saturated heterocycles. The van der Waals surface area contributed by atoms with E-state index in [9.17, 15) is 4.79 Å². The highest BCUT2D eigenvalue weighted by Crippen LogP contribution is 2.36. The molecule has 0 unspecified atom stereocenters. The average molecular weight is 392 g/mol. The van der Waals surface area contributed by atoms with Gasteiger partial charge in [-0.25, -0.2) is 0 Å². The van der Waals surface area contributed by atoms with Crippen LogP contribution in [0.5, 0.6) is 5.75 Å². The van der Waals surface area contributed by atoms with E-state index in [1.807, 2.05) is 55.5 Å². The van der Waals surface area contributed by atoms with Gasteiger partial charge >= 0.3 is 0 Å². The van der Waals surface area contributed by atoms with Gasteiger partial charge in [-0.05, 0) is 49.4 Å². The first-order valence-electron chi connectivity index (χ1n) is 8.97. The zero-order valence-electron chi connectivity index (χ0n) is 15.2. The first-order chi connectivity index (χ1) is 13.7. The summed E-state index contributed by atoms with van der Waals surface area (Å²) in [5.41, 5.74) is 2.59. The molecule has 3 aromatic carbocycles. The van der Waals surface area contributed by atoms with Crippen molar-refractivity contribution in [2.45, 2.75) is 6.92 Å². The molecule has 1 amide bonds. The van der Waals surface area contributed by atoms with Crippen molar-refractivity contribution in [3.63, 3.8) is 0 Å². The monoisotopic (exact) mass is 391 g/mol. The van der Waals surface area contributed by atoms with Crippen molar-refractivity contribution in [2.75, 3.05) is 11.9 Å². The molecular weight excluding hydrogens is 374 g/mol. The number of rotatable bonds is 5. The van der Waals surface area contributed by atoms with Gasteiger partial charge in [0, 0.05) is 21.7 Å². The molecule has 0 aliphatic carbocycles. The van der Waals surface area contributed by atoms with E-state index in [1.165, 1.54) is 0 Å². The Kier molecular flexibility index (Phi) is 5.04. The fourth-order valence-corrected chi connectivity index (χ4v) is 3.20. The molecule has 28 heavy (non-hydrogen) atoms. The maximum absolute atomic E-state index is 13.2. The second-order valence-corrected chi connectivity index (χ2v) is 6.66. The van der Waals surface area contributed by atoms with E-state index in [0.717, 1.165) is 5.56 Å². The number of nitrogens with one attached hydrogen (secondary N) is 1. The van der Waals surface area contributed by atoms with Gasteiger partial charge in [-0.2, -0.15) is 0 Å². The highest BCUT2D eigenvalue weighted by Gasteiger charge is 2.22. The molecule has 0 saturated carbocycles. The van der Waals surface area contributed by atoms with E-state index < -0.39 is 0 Å². The van der Waals surface area contributed by atoms with Gasteiger partial charge in [-0.15, -0.1) is 0 Å². The van der Waals surface area contributed by atoms with Crippen LogP contribution in [0.2, 0.25) is 5.02 Å². The largest absolute Gasteiger partial charge is 0.494 e. The Bertz CT molecular complexity index is 1120.